The lowest BCUT2D eigenvalue weighted by molar-refractivity contribution is 0.102. The number of carbonyl (C=O) groups excluding carboxylic acids is 2. The first-order valence-corrected chi connectivity index (χ1v) is 12.4. The van der Waals surface area contributed by atoms with Gasteiger partial charge in [-0.3, -0.25) is 9.59 Å². The van der Waals surface area contributed by atoms with Crippen molar-refractivity contribution in [2.24, 2.45) is 0 Å². The van der Waals surface area contributed by atoms with Crippen molar-refractivity contribution in [3.05, 3.63) is 88.1 Å². The molecule has 0 aliphatic rings. The number of benzene rings is 2. The molecule has 0 atom stereocenters. The van der Waals surface area contributed by atoms with E-state index in [-0.39, 0.29) is 11.3 Å². The predicted octanol–water partition coefficient (Wildman–Crippen LogP) is 5.50. The summed E-state index contributed by atoms with van der Waals surface area (Å²) in [4.78, 5) is 29.6. The Kier molecular flexibility index (Phi) is 7.90. The third kappa shape index (κ3) is 6.22. The van der Waals surface area contributed by atoms with Crippen LogP contribution in [0.5, 0.6) is 0 Å². The molecule has 0 radical (unpaired) electrons. The maximum Gasteiger partial charge on any atom is 0.258 e. The van der Waals surface area contributed by atoms with E-state index in [4.69, 9.17) is 16.9 Å². The predicted molar refractivity (Wildman–Crippen MR) is 131 cm³/mol. The highest BCUT2D eigenvalue weighted by Crippen LogP contribution is 2.23. The first-order valence-electron chi connectivity index (χ1n) is 8.67. The average Bonchev–Trinajstić information content (AvgIpc) is 2.79. The van der Waals surface area contributed by atoms with E-state index in [9.17, 15) is 9.59 Å². The van der Waals surface area contributed by atoms with Crippen LogP contribution in [0.4, 0.5) is 11.5 Å². The molecule has 9 heteroatoms. The minimum atomic E-state index is -0.480. The van der Waals surface area contributed by atoms with Crippen LogP contribution in [0.15, 0.2) is 60.8 Å². The molecule has 2 N–H and O–H groups in total. The van der Waals surface area contributed by atoms with Crippen LogP contribution in [0, 0.1) is 22.5 Å². The summed E-state index contributed by atoms with van der Waals surface area (Å²) in [5.41, 5.74) is 1.99. The van der Waals surface area contributed by atoms with Gasteiger partial charge in [0.05, 0.1) is 22.9 Å². The van der Waals surface area contributed by atoms with E-state index >= 15 is 0 Å². The number of aromatic nitrogens is 1. The Hall–Kier alpha value is -3.05. The molecule has 1 aromatic heterocycles. The summed E-state index contributed by atoms with van der Waals surface area (Å²) in [6.45, 7) is 0. The lowest BCUT2D eigenvalue weighted by atomic mass is 10.1. The van der Waals surface area contributed by atoms with E-state index in [1.165, 1.54) is 27.1 Å². The van der Waals surface area contributed by atoms with Crippen LogP contribution in [0.25, 0.3) is 0 Å². The Bertz CT molecular complexity index is 1230. The van der Waals surface area contributed by atoms with Crippen molar-refractivity contribution in [1.29, 1.82) is 5.26 Å². The normalized spacial score (nSPS) is 9.71. The highest BCUT2D eigenvalue weighted by atomic mass is 127. The summed E-state index contributed by atoms with van der Waals surface area (Å²) in [5, 5.41) is 17.5. The van der Waals surface area contributed by atoms with E-state index in [0.717, 1.165) is 5.56 Å². The number of nitriles is 1. The number of carbonyl (C=O) groups is 2. The van der Waals surface area contributed by atoms with Gasteiger partial charge in [-0.05, 0) is 68.8 Å². The Morgan fingerprint density at radius 1 is 1.00 bits per heavy atom. The second kappa shape index (κ2) is 10.8. The largest absolute Gasteiger partial charge is 0.321 e. The summed E-state index contributed by atoms with van der Waals surface area (Å²) in [5.74, 6) is 2.35. The van der Waals surface area contributed by atoms with Crippen LogP contribution in [-0.4, -0.2) is 16.8 Å². The van der Waals surface area contributed by atoms with E-state index in [0.29, 0.717) is 22.0 Å². The Morgan fingerprint density at radius 2 is 1.74 bits per heavy atom. The van der Waals surface area contributed by atoms with E-state index in [1.54, 1.807) is 42.6 Å². The summed E-state index contributed by atoms with van der Waals surface area (Å²) >= 11 is 8.14. The Balaban J connectivity index is 1.79. The van der Waals surface area contributed by atoms with Gasteiger partial charge in [-0.1, -0.05) is 17.5 Å². The highest BCUT2D eigenvalue weighted by Gasteiger charge is 2.16. The maximum absolute atomic E-state index is 12.8. The molecular weight excluding hydrogens is 547 g/mol. The molecule has 3 rings (SSSR count). The number of anilines is 2. The van der Waals surface area contributed by atoms with Crippen molar-refractivity contribution >= 4 is 65.1 Å². The van der Waals surface area contributed by atoms with Gasteiger partial charge in [-0.2, -0.15) is 5.26 Å². The van der Waals surface area contributed by atoms with Crippen LogP contribution >= 0.6 is 41.7 Å². The van der Waals surface area contributed by atoms with Gasteiger partial charge in [-0.15, -0.1) is 0 Å². The molecule has 0 saturated carbocycles. The van der Waals surface area contributed by atoms with Crippen molar-refractivity contribution in [3.8, 4) is 17.2 Å². The molecule has 1 heterocycles. The van der Waals surface area contributed by atoms with Gasteiger partial charge in [0.1, 0.15) is 5.82 Å². The molecule has 0 aliphatic carbocycles. The minimum absolute atomic E-state index is 0.182. The first-order chi connectivity index (χ1) is 15.0. The molecule has 0 aliphatic heterocycles. The molecule has 0 spiro atoms. The molecule has 31 heavy (non-hydrogen) atoms. The monoisotopic (exact) mass is 558 g/mol. The zero-order valence-electron chi connectivity index (χ0n) is 15.6. The summed E-state index contributed by atoms with van der Waals surface area (Å²) in [7, 11) is 1.37. The van der Waals surface area contributed by atoms with Crippen LogP contribution in [0.1, 0.15) is 31.8 Å². The number of amides is 2. The Labute approximate surface area is 200 Å². The number of nitrogens with one attached hydrogen (secondary N) is 2. The van der Waals surface area contributed by atoms with Crippen LogP contribution in [-0.2, 0) is 0 Å². The van der Waals surface area contributed by atoms with Gasteiger partial charge in [0.15, 0.2) is 0 Å². The molecule has 152 valence electrons. The highest BCUT2D eigenvalue weighted by molar-refractivity contribution is 14.2. The zero-order valence-corrected chi connectivity index (χ0v) is 19.4. The molecule has 3 aromatic rings. The van der Waals surface area contributed by atoms with Crippen molar-refractivity contribution in [3.63, 3.8) is 0 Å². The van der Waals surface area contributed by atoms with Gasteiger partial charge in [-0.25, -0.2) is 4.98 Å². The second-order valence-corrected chi connectivity index (χ2v) is 8.14. The molecule has 0 saturated heterocycles. The van der Waals surface area contributed by atoms with Crippen molar-refractivity contribution in [2.75, 3.05) is 10.6 Å². The quantitative estimate of drug-likeness (QED) is 0.326. The summed E-state index contributed by atoms with van der Waals surface area (Å²) in [6, 6.07) is 16.1. The van der Waals surface area contributed by atoms with Crippen molar-refractivity contribution in [2.45, 2.75) is 0 Å². The average molecular weight is 559 g/mol. The fraction of sp³-hybridized carbons (Fsp3) is 0. The third-order valence-corrected chi connectivity index (χ3v) is 5.06. The van der Waals surface area contributed by atoms with Gasteiger partial charge in [0.2, 0.25) is 0 Å². The first kappa shape index (κ1) is 22.6. The minimum Gasteiger partial charge on any atom is -0.321 e. The number of hydrogen-bond donors (Lipinski definition) is 2. The molecule has 0 unspecified atom stereocenters. The fourth-order valence-electron chi connectivity index (χ4n) is 2.51. The number of halogens is 2. The maximum atomic E-state index is 12.8. The van der Waals surface area contributed by atoms with Crippen LogP contribution in [0.3, 0.4) is 0 Å². The second-order valence-electron chi connectivity index (χ2n) is 6.02. The number of rotatable bonds is 4. The molecular formula is C22H12ClIN4O2S. The molecule has 2 aromatic carbocycles. The molecule has 6 nitrogen and oxygen atoms in total. The number of pyridine rings is 1. The molecule has 0 bridgehead atoms. The van der Waals surface area contributed by atoms with Crippen molar-refractivity contribution < 1.29 is 9.59 Å². The topological polar surface area (TPSA) is 94.9 Å². The van der Waals surface area contributed by atoms with E-state index in [2.05, 4.69) is 48.0 Å². The van der Waals surface area contributed by atoms with Crippen LogP contribution in [0.2, 0.25) is 5.02 Å². The summed E-state index contributed by atoms with van der Waals surface area (Å²) in [6.07, 6.45) is 1.56. The smallest absolute Gasteiger partial charge is 0.258 e. The van der Waals surface area contributed by atoms with Gasteiger partial charge < -0.3 is 10.6 Å². The number of hydrogen-bond acceptors (Lipinski definition) is 5. The molecule has 0 fully saturated rings. The SMILES string of the molecule is N#Cc1ccc(C(=O)Nc2ccc(Cl)cc2C(=O)Nc2ccc(C#CSI)cn2)cc1. The van der Waals surface area contributed by atoms with E-state index < -0.39 is 11.8 Å². The van der Waals surface area contributed by atoms with Gasteiger partial charge in [0, 0.05) is 43.6 Å². The number of nitrogens with zero attached hydrogens (tertiary/aromatic N) is 2. The van der Waals surface area contributed by atoms with Gasteiger partial charge >= 0.3 is 0 Å². The lowest BCUT2D eigenvalue weighted by Crippen LogP contribution is -2.18. The lowest BCUT2D eigenvalue weighted by Gasteiger charge is -2.12. The summed E-state index contributed by atoms with van der Waals surface area (Å²) < 4.78 is 0. The standard InChI is InChI=1S/C22H12ClIN4O2S/c23-17-6-7-19(27-21(29)16-4-1-14(12-25)2-5-16)18(11-17)22(30)28-20-8-3-15(13-26-20)9-10-31-24/h1-8,11,13H,(H,27,29)(H,26,28,30). The van der Waals surface area contributed by atoms with Crippen LogP contribution < -0.4 is 10.6 Å². The van der Waals surface area contributed by atoms with Gasteiger partial charge in [0.25, 0.3) is 11.8 Å². The molecule has 2 amide bonds. The van der Waals surface area contributed by atoms with Crippen molar-refractivity contribution in [1.82, 2.24) is 4.98 Å². The Morgan fingerprint density at radius 3 is 2.39 bits per heavy atom. The fourth-order valence-corrected chi connectivity index (χ4v) is 3.17. The zero-order chi connectivity index (χ0) is 22.2. The third-order valence-electron chi connectivity index (χ3n) is 3.99. The van der Waals surface area contributed by atoms with E-state index in [1.807, 2.05) is 6.07 Å².